The summed E-state index contributed by atoms with van der Waals surface area (Å²) in [4.78, 5) is 32.4. The molecule has 1 fully saturated rings. The molecular formula is C24H31F2N3O5. The number of methoxy groups -OCH3 is 1. The van der Waals surface area contributed by atoms with E-state index in [1.807, 2.05) is 19.9 Å². The minimum Gasteiger partial charge on any atom is -0.466 e. The fraction of sp³-hybridized carbons (Fsp3) is 0.500. The first-order chi connectivity index (χ1) is 16.3. The maximum Gasteiger partial charge on any atom is 0.410 e. The van der Waals surface area contributed by atoms with E-state index >= 15 is 0 Å². The first-order valence-electron chi connectivity index (χ1n) is 11.3. The number of likely N-dealkylation sites (tertiary alicyclic amines) is 1. The van der Waals surface area contributed by atoms with Crippen LogP contribution < -0.4 is 10.4 Å². The Morgan fingerprint density at radius 2 is 1.88 bits per heavy atom. The smallest absolute Gasteiger partial charge is 0.410 e. The molecule has 10 heteroatoms. The highest BCUT2D eigenvalue weighted by Crippen LogP contribution is 2.26. The molecule has 3 rings (SSSR count). The number of nitrogens with zero attached hydrogens (tertiary/aromatic N) is 2. The van der Waals surface area contributed by atoms with Crippen LogP contribution in [0.5, 0.6) is 0 Å². The van der Waals surface area contributed by atoms with Crippen molar-refractivity contribution in [1.29, 1.82) is 0 Å². The van der Waals surface area contributed by atoms with Crippen molar-refractivity contribution in [2.75, 3.05) is 38.2 Å². The zero-order valence-corrected chi connectivity index (χ0v) is 19.7. The summed E-state index contributed by atoms with van der Waals surface area (Å²) >= 11 is 0. The van der Waals surface area contributed by atoms with Crippen molar-refractivity contribution < 1.29 is 32.7 Å². The van der Waals surface area contributed by atoms with Gasteiger partial charge in [-0.3, -0.25) is 10.3 Å². The van der Waals surface area contributed by atoms with Gasteiger partial charge < -0.3 is 19.3 Å². The van der Waals surface area contributed by atoms with E-state index in [0.29, 0.717) is 45.4 Å². The van der Waals surface area contributed by atoms with Crippen molar-refractivity contribution >= 4 is 23.8 Å². The first-order valence-corrected chi connectivity index (χ1v) is 11.3. The summed E-state index contributed by atoms with van der Waals surface area (Å²) in [6.07, 6.45) is 5.59. The average molecular weight is 480 g/mol. The summed E-state index contributed by atoms with van der Waals surface area (Å²) in [7, 11) is 1.21. The van der Waals surface area contributed by atoms with Crippen molar-refractivity contribution in [3.05, 3.63) is 47.2 Å². The second-order valence-electron chi connectivity index (χ2n) is 8.45. The normalized spacial score (nSPS) is 17.2. The number of esters is 1. The van der Waals surface area contributed by atoms with E-state index in [-0.39, 0.29) is 29.6 Å². The van der Waals surface area contributed by atoms with Crippen LogP contribution in [0.15, 0.2) is 30.0 Å². The molecule has 1 saturated heterocycles. The number of nitrogens with one attached hydrogen (secondary N) is 1. The molecule has 2 aliphatic heterocycles. The molecule has 1 aromatic carbocycles. The van der Waals surface area contributed by atoms with Gasteiger partial charge in [-0.15, -0.1) is 0 Å². The molecule has 1 aromatic rings. The lowest BCUT2D eigenvalue weighted by atomic mass is 10.1. The molecule has 2 heterocycles. The molecule has 0 unspecified atom stereocenters. The van der Waals surface area contributed by atoms with Crippen LogP contribution in [-0.2, 0) is 19.1 Å². The summed E-state index contributed by atoms with van der Waals surface area (Å²) in [6, 6.07) is 2.20. The Bertz CT molecular complexity index is 943. The molecule has 0 spiro atoms. The van der Waals surface area contributed by atoms with Crippen LogP contribution in [0.2, 0.25) is 0 Å². The molecule has 1 N–H and O–H groups in total. The number of carbonyl (C=O) groups excluding carboxylic acids is 2. The number of hydroxylamine groups is 1. The number of amides is 1. The van der Waals surface area contributed by atoms with E-state index < -0.39 is 17.6 Å². The standard InChI is InChI=1S/C24H31F2N3O5/c1-16(2)33-24(31)29-12-8-19(9-13-29)34-27-18-6-10-28(11-7-18)22-15-20(25)17(14-21(22)26)4-5-23(30)32-3/h4-6,14-16,19,27H,7-13H2,1-3H3. The third kappa shape index (κ3) is 6.93. The van der Waals surface area contributed by atoms with Crippen molar-refractivity contribution in [2.45, 2.75) is 45.3 Å². The third-order valence-corrected chi connectivity index (χ3v) is 5.61. The van der Waals surface area contributed by atoms with Gasteiger partial charge in [0.2, 0.25) is 0 Å². The summed E-state index contributed by atoms with van der Waals surface area (Å²) in [6.45, 7) is 5.65. The summed E-state index contributed by atoms with van der Waals surface area (Å²) in [5, 5.41) is 0. The van der Waals surface area contributed by atoms with Crippen LogP contribution in [0.4, 0.5) is 19.3 Å². The van der Waals surface area contributed by atoms with Crippen LogP contribution >= 0.6 is 0 Å². The molecule has 0 radical (unpaired) electrons. The van der Waals surface area contributed by atoms with Crippen LogP contribution in [0, 0.1) is 11.6 Å². The van der Waals surface area contributed by atoms with E-state index in [0.717, 1.165) is 23.9 Å². The minimum atomic E-state index is -0.647. The van der Waals surface area contributed by atoms with Crippen LogP contribution in [0.25, 0.3) is 6.08 Å². The van der Waals surface area contributed by atoms with Crippen molar-refractivity contribution in [3.63, 3.8) is 0 Å². The average Bonchev–Trinajstić information content (AvgIpc) is 2.83. The molecule has 0 bridgehead atoms. The number of carbonyl (C=O) groups is 2. The number of hydrogen-bond acceptors (Lipinski definition) is 7. The topological polar surface area (TPSA) is 80.3 Å². The molecule has 0 aromatic heterocycles. The van der Waals surface area contributed by atoms with Gasteiger partial charge in [0.05, 0.1) is 25.0 Å². The molecule has 1 amide bonds. The number of rotatable bonds is 7. The lowest BCUT2D eigenvalue weighted by Gasteiger charge is -2.33. The SMILES string of the molecule is COC(=O)C=Cc1cc(F)c(N2CC=C(NOC3CCN(C(=O)OC(C)C)CC3)CC2)cc1F. The van der Waals surface area contributed by atoms with Gasteiger partial charge in [0.15, 0.2) is 0 Å². The summed E-state index contributed by atoms with van der Waals surface area (Å²) in [5.41, 5.74) is 3.99. The van der Waals surface area contributed by atoms with Gasteiger partial charge in [0, 0.05) is 56.0 Å². The van der Waals surface area contributed by atoms with Gasteiger partial charge in [0.25, 0.3) is 0 Å². The quantitative estimate of drug-likeness (QED) is 0.362. The van der Waals surface area contributed by atoms with Crippen LogP contribution in [0.3, 0.4) is 0 Å². The first kappa shape index (κ1) is 25.5. The van der Waals surface area contributed by atoms with Gasteiger partial charge in [-0.05, 0) is 44.9 Å². The van der Waals surface area contributed by atoms with Crippen LogP contribution in [0.1, 0.15) is 38.7 Å². The highest BCUT2D eigenvalue weighted by molar-refractivity contribution is 5.87. The molecule has 186 valence electrons. The lowest BCUT2D eigenvalue weighted by Crippen LogP contribution is -2.43. The highest BCUT2D eigenvalue weighted by Gasteiger charge is 2.25. The molecule has 8 nitrogen and oxygen atoms in total. The molecule has 0 saturated carbocycles. The predicted molar refractivity (Wildman–Crippen MR) is 123 cm³/mol. The van der Waals surface area contributed by atoms with Crippen molar-refractivity contribution in [3.8, 4) is 0 Å². The minimum absolute atomic E-state index is 0.0286. The van der Waals surface area contributed by atoms with Gasteiger partial charge in [-0.25, -0.2) is 18.4 Å². The predicted octanol–water partition coefficient (Wildman–Crippen LogP) is 3.78. The number of anilines is 1. The van der Waals surface area contributed by atoms with E-state index in [2.05, 4.69) is 10.2 Å². The Hall–Kier alpha value is -3.14. The van der Waals surface area contributed by atoms with Crippen molar-refractivity contribution in [1.82, 2.24) is 10.4 Å². The Kier molecular flexibility index (Phi) is 8.86. The van der Waals surface area contributed by atoms with E-state index in [1.165, 1.54) is 13.2 Å². The Balaban J connectivity index is 1.48. The fourth-order valence-electron chi connectivity index (χ4n) is 3.72. The number of ether oxygens (including phenoxy) is 2. The molecule has 34 heavy (non-hydrogen) atoms. The van der Waals surface area contributed by atoms with E-state index in [4.69, 9.17) is 9.57 Å². The Morgan fingerprint density at radius 1 is 1.15 bits per heavy atom. The fourth-order valence-corrected chi connectivity index (χ4v) is 3.72. The van der Waals surface area contributed by atoms with Gasteiger partial charge in [-0.2, -0.15) is 0 Å². The monoisotopic (exact) mass is 479 g/mol. The number of hydrogen-bond donors (Lipinski definition) is 1. The van der Waals surface area contributed by atoms with E-state index in [9.17, 15) is 18.4 Å². The maximum absolute atomic E-state index is 14.6. The van der Waals surface area contributed by atoms with Gasteiger partial charge >= 0.3 is 12.1 Å². The van der Waals surface area contributed by atoms with Crippen molar-refractivity contribution in [2.24, 2.45) is 0 Å². The number of benzene rings is 1. The van der Waals surface area contributed by atoms with Gasteiger partial charge in [0.1, 0.15) is 11.6 Å². The molecule has 0 aliphatic carbocycles. The summed E-state index contributed by atoms with van der Waals surface area (Å²) < 4.78 is 38.7. The zero-order valence-electron chi connectivity index (χ0n) is 19.7. The molecule has 2 aliphatic rings. The Labute approximate surface area is 198 Å². The third-order valence-electron chi connectivity index (χ3n) is 5.61. The molecular weight excluding hydrogens is 448 g/mol. The largest absolute Gasteiger partial charge is 0.466 e. The highest BCUT2D eigenvalue weighted by atomic mass is 19.1. The van der Waals surface area contributed by atoms with Crippen LogP contribution in [-0.4, -0.2) is 62.5 Å². The molecule has 0 atom stereocenters. The number of halogens is 2. The zero-order chi connectivity index (χ0) is 24.7. The van der Waals surface area contributed by atoms with Gasteiger partial charge in [-0.1, -0.05) is 0 Å². The summed E-state index contributed by atoms with van der Waals surface area (Å²) in [5.74, 6) is -1.85. The second-order valence-corrected chi connectivity index (χ2v) is 8.45. The second kappa shape index (κ2) is 11.8. The lowest BCUT2D eigenvalue weighted by molar-refractivity contribution is -0.134. The number of piperidine rings is 1. The Morgan fingerprint density at radius 3 is 2.50 bits per heavy atom. The maximum atomic E-state index is 14.6. The van der Waals surface area contributed by atoms with E-state index in [1.54, 1.807) is 9.80 Å².